The van der Waals surface area contributed by atoms with E-state index in [2.05, 4.69) is 20.4 Å². The van der Waals surface area contributed by atoms with Crippen LogP contribution in [0.1, 0.15) is 41.9 Å². The van der Waals surface area contributed by atoms with Gasteiger partial charge < -0.3 is 13.9 Å². The molecule has 1 fully saturated rings. The monoisotopic (exact) mass is 483 g/mol. The maximum Gasteiger partial charge on any atom is 0.226 e. The number of methoxy groups -OCH3 is 1. The first-order valence-electron chi connectivity index (χ1n) is 10.5. The lowest BCUT2D eigenvalue weighted by molar-refractivity contribution is 0.292. The van der Waals surface area contributed by atoms with Crippen molar-refractivity contribution >= 4 is 23.4 Å². The van der Waals surface area contributed by atoms with Crippen LogP contribution in [0.2, 0.25) is 5.02 Å². The lowest BCUT2D eigenvalue weighted by atomic mass is 10.2. The number of rotatable bonds is 9. The van der Waals surface area contributed by atoms with Crippen LogP contribution < -0.4 is 9.47 Å². The Labute approximate surface area is 200 Å². The molecule has 4 aromatic rings. The third-order valence-corrected chi connectivity index (χ3v) is 6.60. The Morgan fingerprint density at radius 3 is 2.58 bits per heavy atom. The van der Waals surface area contributed by atoms with Gasteiger partial charge in [-0.2, -0.15) is 0 Å². The molecule has 0 atom stereocenters. The normalized spacial score (nSPS) is 13.3. The molecule has 10 heteroatoms. The fourth-order valence-corrected chi connectivity index (χ4v) is 4.22. The van der Waals surface area contributed by atoms with E-state index in [1.807, 2.05) is 54.0 Å². The van der Waals surface area contributed by atoms with E-state index < -0.39 is 0 Å². The van der Waals surface area contributed by atoms with Crippen LogP contribution in [0.15, 0.2) is 52.0 Å². The lowest BCUT2D eigenvalue weighted by Crippen LogP contribution is -2.07. The van der Waals surface area contributed by atoms with E-state index in [1.165, 1.54) is 11.8 Å². The molecule has 2 aromatic carbocycles. The van der Waals surface area contributed by atoms with Gasteiger partial charge in [-0.3, -0.25) is 4.57 Å². The van der Waals surface area contributed by atoms with Crippen LogP contribution in [0.25, 0.3) is 5.69 Å². The summed E-state index contributed by atoms with van der Waals surface area (Å²) in [5.74, 6) is 4.36. The Balaban J connectivity index is 1.38. The van der Waals surface area contributed by atoms with E-state index >= 15 is 0 Å². The van der Waals surface area contributed by atoms with E-state index in [9.17, 15) is 0 Å². The number of aromatic nitrogens is 5. The van der Waals surface area contributed by atoms with Crippen LogP contribution in [0.5, 0.6) is 11.5 Å². The van der Waals surface area contributed by atoms with E-state index in [0.717, 1.165) is 35.7 Å². The third-order valence-electron chi connectivity index (χ3n) is 5.28. The zero-order chi connectivity index (χ0) is 22.8. The van der Waals surface area contributed by atoms with Crippen molar-refractivity contribution in [1.82, 2.24) is 25.0 Å². The van der Waals surface area contributed by atoms with Gasteiger partial charge in [-0.05, 0) is 61.7 Å². The Hall–Kier alpha value is -3.04. The number of halogens is 1. The maximum atomic E-state index is 6.41. The van der Waals surface area contributed by atoms with Crippen molar-refractivity contribution in [3.05, 3.63) is 70.7 Å². The molecule has 0 N–H and O–H groups in total. The molecule has 0 amide bonds. The van der Waals surface area contributed by atoms with Gasteiger partial charge >= 0.3 is 0 Å². The van der Waals surface area contributed by atoms with Crippen LogP contribution in [-0.2, 0) is 12.4 Å². The second-order valence-electron chi connectivity index (χ2n) is 7.73. The average Bonchev–Trinajstić information content (AvgIpc) is 3.44. The highest BCUT2D eigenvalue weighted by molar-refractivity contribution is 7.98. The highest BCUT2D eigenvalue weighted by atomic mass is 35.5. The predicted molar refractivity (Wildman–Crippen MR) is 124 cm³/mol. The van der Waals surface area contributed by atoms with Gasteiger partial charge in [-0.1, -0.05) is 29.4 Å². The summed E-state index contributed by atoms with van der Waals surface area (Å²) in [5, 5.41) is 18.5. The van der Waals surface area contributed by atoms with Gasteiger partial charge in [0.05, 0.1) is 18.6 Å². The zero-order valence-electron chi connectivity index (χ0n) is 18.2. The number of ether oxygens (including phenoxy) is 2. The quantitative estimate of drug-likeness (QED) is 0.293. The molecular weight excluding hydrogens is 462 g/mol. The number of thioether (sulfide) groups is 1. The molecule has 0 spiro atoms. The molecule has 0 aliphatic heterocycles. The Morgan fingerprint density at radius 2 is 1.85 bits per heavy atom. The van der Waals surface area contributed by atoms with E-state index in [-0.39, 0.29) is 6.61 Å². The van der Waals surface area contributed by atoms with Gasteiger partial charge in [-0.25, -0.2) is 0 Å². The summed E-state index contributed by atoms with van der Waals surface area (Å²) in [7, 11) is 1.63. The van der Waals surface area contributed by atoms with Gasteiger partial charge in [0.1, 0.15) is 18.1 Å². The second-order valence-corrected chi connectivity index (χ2v) is 9.08. The minimum Gasteiger partial charge on any atom is -0.497 e. The van der Waals surface area contributed by atoms with E-state index in [4.69, 9.17) is 25.5 Å². The summed E-state index contributed by atoms with van der Waals surface area (Å²) >= 11 is 7.89. The minimum atomic E-state index is 0.234. The number of benzene rings is 2. The molecule has 33 heavy (non-hydrogen) atoms. The SMILES string of the molecule is COc1ccc(OCc2nnc(SCc3nnc(C4CC4)o3)n2-c2ccc(C)c(Cl)c2)cc1. The predicted octanol–water partition coefficient (Wildman–Crippen LogP) is 5.37. The zero-order valence-corrected chi connectivity index (χ0v) is 19.8. The molecule has 2 aromatic heterocycles. The summed E-state index contributed by atoms with van der Waals surface area (Å²) in [6, 6.07) is 13.3. The van der Waals surface area contributed by atoms with Crippen LogP contribution in [-0.4, -0.2) is 32.1 Å². The summed E-state index contributed by atoms with van der Waals surface area (Å²) < 4.78 is 18.9. The maximum absolute atomic E-state index is 6.41. The topological polar surface area (TPSA) is 88.1 Å². The van der Waals surface area contributed by atoms with Crippen LogP contribution in [0.3, 0.4) is 0 Å². The molecule has 1 aliphatic rings. The molecular formula is C23H22ClN5O3S. The van der Waals surface area contributed by atoms with Gasteiger partial charge in [0.25, 0.3) is 0 Å². The fourth-order valence-electron chi connectivity index (χ4n) is 3.23. The van der Waals surface area contributed by atoms with Crippen molar-refractivity contribution in [3.8, 4) is 17.2 Å². The number of hydrogen-bond acceptors (Lipinski definition) is 8. The van der Waals surface area contributed by atoms with Crippen LogP contribution in [0.4, 0.5) is 0 Å². The summed E-state index contributed by atoms with van der Waals surface area (Å²) in [4.78, 5) is 0. The van der Waals surface area contributed by atoms with Crippen molar-refractivity contribution in [2.24, 2.45) is 0 Å². The first-order valence-corrected chi connectivity index (χ1v) is 11.9. The molecule has 1 saturated carbocycles. The second kappa shape index (κ2) is 9.44. The molecule has 5 rings (SSSR count). The number of aryl methyl sites for hydroxylation is 1. The molecule has 0 unspecified atom stereocenters. The summed E-state index contributed by atoms with van der Waals surface area (Å²) in [6.45, 7) is 2.20. The molecule has 2 heterocycles. The molecule has 1 aliphatic carbocycles. The average molecular weight is 484 g/mol. The molecule has 0 bridgehead atoms. The Kier molecular flexibility index (Phi) is 6.24. The molecule has 8 nitrogen and oxygen atoms in total. The number of hydrogen-bond donors (Lipinski definition) is 0. The van der Waals surface area contributed by atoms with Crippen molar-refractivity contribution in [1.29, 1.82) is 0 Å². The van der Waals surface area contributed by atoms with Crippen molar-refractivity contribution in [2.75, 3.05) is 7.11 Å². The smallest absolute Gasteiger partial charge is 0.226 e. The van der Waals surface area contributed by atoms with Gasteiger partial charge in [0, 0.05) is 10.9 Å². The fraction of sp³-hybridized carbons (Fsp3) is 0.304. The highest BCUT2D eigenvalue weighted by Gasteiger charge is 2.29. The first kappa shape index (κ1) is 21.8. The van der Waals surface area contributed by atoms with Crippen molar-refractivity contribution < 1.29 is 13.9 Å². The first-order chi connectivity index (χ1) is 16.1. The molecule has 0 radical (unpaired) electrons. The van der Waals surface area contributed by atoms with Crippen molar-refractivity contribution in [3.63, 3.8) is 0 Å². The molecule has 0 saturated heterocycles. The van der Waals surface area contributed by atoms with Crippen molar-refractivity contribution in [2.45, 2.75) is 43.2 Å². The number of nitrogens with zero attached hydrogens (tertiary/aromatic N) is 5. The standard InChI is InChI=1S/C23H22ClN5O3S/c1-14-3-6-16(11-19(14)24)29-20(12-31-18-9-7-17(30-2)8-10-18)25-28-23(29)33-13-21-26-27-22(32-21)15-4-5-15/h3,6-11,15H,4-5,12-13H2,1-2H3. The van der Waals surface area contributed by atoms with Gasteiger partial charge in [0.2, 0.25) is 11.8 Å². The summed E-state index contributed by atoms with van der Waals surface area (Å²) in [6.07, 6.45) is 2.24. The third kappa shape index (κ3) is 4.99. The Bertz CT molecular complexity index is 1250. The largest absolute Gasteiger partial charge is 0.497 e. The lowest BCUT2D eigenvalue weighted by Gasteiger charge is -2.12. The van der Waals surface area contributed by atoms with Crippen LogP contribution >= 0.6 is 23.4 Å². The van der Waals surface area contributed by atoms with Crippen LogP contribution in [0, 0.1) is 6.92 Å². The minimum absolute atomic E-state index is 0.234. The highest BCUT2D eigenvalue weighted by Crippen LogP contribution is 2.39. The molecule has 170 valence electrons. The van der Waals surface area contributed by atoms with E-state index in [1.54, 1.807) is 7.11 Å². The Morgan fingerprint density at radius 1 is 1.06 bits per heavy atom. The van der Waals surface area contributed by atoms with E-state index in [0.29, 0.717) is 39.3 Å². The van der Waals surface area contributed by atoms with Gasteiger partial charge in [0.15, 0.2) is 11.0 Å². The summed E-state index contributed by atoms with van der Waals surface area (Å²) in [5.41, 5.74) is 1.85. The van der Waals surface area contributed by atoms with Gasteiger partial charge in [-0.15, -0.1) is 20.4 Å².